The number of benzene rings is 6. The number of rotatable bonds is 18. The normalized spacial score (nSPS) is 14.2. The van der Waals surface area contributed by atoms with Gasteiger partial charge in [0.15, 0.2) is 74.0 Å². The highest BCUT2D eigenvalue weighted by atomic mass is 19.1. The molecule has 0 fully saturated rings. The van der Waals surface area contributed by atoms with Crippen LogP contribution in [0.4, 0.5) is 17.6 Å². The van der Waals surface area contributed by atoms with Gasteiger partial charge in [-0.05, 0) is 109 Å². The van der Waals surface area contributed by atoms with E-state index in [4.69, 9.17) is 28.8 Å². The summed E-state index contributed by atoms with van der Waals surface area (Å²) in [6.07, 6.45) is 12.9. The number of aliphatic imine (C=N–C) groups is 1. The lowest BCUT2D eigenvalue weighted by Gasteiger charge is -2.27. The van der Waals surface area contributed by atoms with Crippen LogP contribution in [0.5, 0.6) is 11.5 Å². The fraction of sp³-hybridized carbons (Fsp3) is 0.198. The van der Waals surface area contributed by atoms with Crippen LogP contribution in [0.25, 0.3) is 54.5 Å². The Bertz CT molecular complexity index is 7150. The molecule has 678 valence electrons. The number of nitrogens with one attached hydrogen (secondary N) is 3. The van der Waals surface area contributed by atoms with Crippen LogP contribution in [0.2, 0.25) is 0 Å². The topological polar surface area (TPSA) is 480 Å². The number of hydrogen-bond donors (Lipinski definition) is 8. The molecule has 0 spiro atoms. The molecule has 10 heterocycles. The van der Waals surface area contributed by atoms with Crippen LogP contribution < -0.4 is 75.5 Å². The zero-order valence-electron chi connectivity index (χ0n) is 72.6. The molecule has 37 nitrogen and oxygen atoms in total. The quantitative estimate of drug-likeness (QED) is 0.0148. The van der Waals surface area contributed by atoms with Gasteiger partial charge in [-0.2, -0.15) is 5.26 Å². The third-order valence-corrected chi connectivity index (χ3v) is 19.8. The Labute approximate surface area is 747 Å². The number of aliphatic hydroxyl groups is 2. The third kappa shape index (κ3) is 24.9. The first-order valence-electron chi connectivity index (χ1n) is 39.9. The Morgan fingerprint density at radius 2 is 0.917 bits per heavy atom. The summed E-state index contributed by atoms with van der Waals surface area (Å²) in [6.45, 7) is 15.0. The Morgan fingerprint density at radius 3 is 1.38 bits per heavy atom. The van der Waals surface area contributed by atoms with E-state index in [9.17, 15) is 57.2 Å². The van der Waals surface area contributed by atoms with E-state index in [1.165, 1.54) is 128 Å². The van der Waals surface area contributed by atoms with Crippen LogP contribution in [0.1, 0.15) is 85.5 Å². The van der Waals surface area contributed by atoms with Gasteiger partial charge >= 0.3 is 0 Å². The number of ketones is 1. The van der Waals surface area contributed by atoms with Crippen molar-refractivity contribution < 1.29 is 66.3 Å². The molecule has 13 aromatic rings. The minimum absolute atomic E-state index is 0.0100. The molecule has 7 aromatic heterocycles. The van der Waals surface area contributed by atoms with Gasteiger partial charge in [-0.3, -0.25) is 29.5 Å². The third-order valence-electron chi connectivity index (χ3n) is 19.8. The molecule has 3 aliphatic heterocycles. The van der Waals surface area contributed by atoms with Gasteiger partial charge in [0.1, 0.15) is 29.0 Å². The van der Waals surface area contributed by atoms with Crippen molar-refractivity contribution in [2.45, 2.75) is 71.4 Å². The number of ether oxygens (including phenoxy) is 2. The lowest BCUT2D eigenvalue weighted by molar-refractivity contribution is 0.0974. The van der Waals surface area contributed by atoms with Crippen molar-refractivity contribution in [3.63, 3.8) is 0 Å². The van der Waals surface area contributed by atoms with Crippen molar-refractivity contribution in [1.29, 1.82) is 5.26 Å². The maximum absolute atomic E-state index is 12.9. The first-order valence-corrected chi connectivity index (χ1v) is 39.9. The average Bonchev–Trinajstić information content (AvgIpc) is 1.77. The van der Waals surface area contributed by atoms with Crippen LogP contribution in [0, 0.1) is 48.6 Å². The SMILES string of the molecule is C=c1c(=O)c(=C(O)CCc2ccc(F)cc2)ncn1C.C=c1c(=O)c(=C2NN=C(Cc3ccc(F)cc3)O2)ncn1C.C=c1c(=O)c(=C2NN=C(Cc3ccc(F)cc3)O2)ncn1C.CN=c1c(O)c(C(=O)CCc2ccc(F)cc2)ncn1C.Cc1ccc(Cc2nnc(-c3ncn(C)/c(=N/O)c3O)o2)cc1.Cc1ccc(Cc2nnc(C3=C(O)C(NC#N)N(C)C=N3)o2)cc1. The summed E-state index contributed by atoms with van der Waals surface area (Å²) in [5.74, 6) is -0.158. The zero-order chi connectivity index (χ0) is 95.0. The fourth-order valence-electron chi connectivity index (χ4n) is 12.2. The van der Waals surface area contributed by atoms with Crippen molar-refractivity contribution >= 4 is 66.9 Å². The Kier molecular flexibility index (Phi) is 31.9. The maximum atomic E-state index is 12.9. The van der Waals surface area contributed by atoms with E-state index in [2.05, 4.69) is 107 Å². The number of nitriles is 1. The molecule has 0 saturated heterocycles. The minimum atomic E-state index is -0.713. The molecule has 132 heavy (non-hydrogen) atoms. The summed E-state index contributed by atoms with van der Waals surface area (Å²) < 4.78 is 81.0. The number of carbonyl (C=O) groups is 1. The van der Waals surface area contributed by atoms with Crippen LogP contribution in [-0.2, 0) is 83.2 Å². The summed E-state index contributed by atoms with van der Waals surface area (Å²) in [4.78, 5) is 77.8. The van der Waals surface area contributed by atoms with E-state index >= 15 is 0 Å². The van der Waals surface area contributed by atoms with E-state index in [-0.39, 0.29) is 149 Å². The van der Waals surface area contributed by atoms with Crippen LogP contribution in [0.15, 0.2) is 232 Å². The smallest absolute Gasteiger partial charge is 0.270 e. The van der Waals surface area contributed by atoms with Gasteiger partial charge in [0.05, 0.1) is 79.7 Å². The van der Waals surface area contributed by atoms with Crippen molar-refractivity contribution in [3.8, 4) is 29.3 Å². The van der Waals surface area contributed by atoms with Gasteiger partial charge in [-0.15, -0.1) is 30.6 Å². The number of nitrogens with zero attached hydrogens (tertiary/aromatic N) is 21. The number of hydrogen-bond acceptors (Lipinski definition) is 32. The number of aliphatic hydroxyl groups excluding tert-OH is 2. The number of Topliss-reactive ketones (excluding diaryl/α,β-unsaturated/α-hetero) is 1. The number of likely N-dealkylation sites (N-methyl/N-ethyl adjacent to an activating group) is 1. The first-order chi connectivity index (χ1) is 63.3. The second-order valence-electron chi connectivity index (χ2n) is 29.5. The lowest BCUT2D eigenvalue weighted by Crippen LogP contribution is -2.46. The number of aromatic hydroxyl groups is 2. The largest absolute Gasteiger partial charge is 0.510 e. The highest BCUT2D eigenvalue weighted by Crippen LogP contribution is 2.26. The Balaban J connectivity index is 0.000000153. The number of carbonyl (C=O) groups excluding carboxylic acids is 1. The monoisotopic (exact) mass is 1800 g/mol. The molecule has 8 N–H and O–H groups in total. The molecule has 1 unspecified atom stereocenters. The molecule has 0 bridgehead atoms. The van der Waals surface area contributed by atoms with Gasteiger partial charge in [-0.25, -0.2) is 58.3 Å². The summed E-state index contributed by atoms with van der Waals surface area (Å²) in [7, 11) is 11.5. The predicted molar refractivity (Wildman–Crippen MR) is 475 cm³/mol. The highest BCUT2D eigenvalue weighted by molar-refractivity contribution is 5.96. The molecule has 41 heteroatoms. The summed E-state index contributed by atoms with van der Waals surface area (Å²) in [5, 5.41) is 88.6. The molecular formula is C91H88F4N24O13. The number of hydrazone groups is 2. The molecule has 0 aliphatic carbocycles. The van der Waals surface area contributed by atoms with Crippen molar-refractivity contribution in [2.75, 3.05) is 14.1 Å². The lowest BCUT2D eigenvalue weighted by atomic mass is 10.1. The molecule has 1 atom stereocenters. The van der Waals surface area contributed by atoms with Gasteiger partial charge in [0.25, 0.3) is 11.8 Å². The molecule has 6 aromatic carbocycles. The molecule has 16 rings (SSSR count). The molecule has 3 aliphatic rings. The standard InChI is InChI=1S/C16H16N6O2.2C15H13FN4O2.C15H16FN3O2.C15H15FN2O2.C15H15N5O3/c1-10-3-5-11(6-4-10)7-12-20-21-16(24-12)13-14(23)15(18-8-17)22(2)9-19-13;2*1-9-14(21)13(17-8-20(9)2)15-19-18-12(22-15)7-10-3-5-11(16)6-4-10;1-17-15-14(21)13(18-9-19(15)2)12(20)8-5-10-3-6-11(16)7-4-10;1-10-15(20)14(17-9-18(10)2)13(19)8-5-11-3-6-12(16)7-4-11;1-9-3-5-10(6-4-9)7-11-17-18-15(23-11)12-13(21)14(19-22)20(2)8-16-12/h3-6,9,15,18,23H,7H2,1-2H3;2*3-6,8,19H,1,7H2,2H3;3-4,6-7,9,21H,5,8H2,1-2H3;3-4,6-7,9,19H,1,5,8H2,2H3;3-6,8,21-22H,7H2,1-2H3/b;;;;;19-14+. The van der Waals surface area contributed by atoms with Gasteiger partial charge in [0, 0.05) is 62.2 Å². The van der Waals surface area contributed by atoms with Crippen LogP contribution in [-0.4, -0.2) is 143 Å². The highest BCUT2D eigenvalue weighted by Gasteiger charge is 2.29. The van der Waals surface area contributed by atoms with E-state index in [1.807, 2.05) is 62.4 Å². The first kappa shape index (κ1) is 95.3. The van der Waals surface area contributed by atoms with E-state index in [0.717, 1.165) is 33.4 Å². The van der Waals surface area contributed by atoms with E-state index in [0.29, 0.717) is 78.3 Å². The van der Waals surface area contributed by atoms with Crippen molar-refractivity contribution in [3.05, 3.63) is 348 Å². The van der Waals surface area contributed by atoms with Crippen molar-refractivity contribution in [1.82, 2.24) is 89.2 Å². The number of aromatic nitrogens is 14. The Hall–Kier alpha value is -17.4. The van der Waals surface area contributed by atoms with Gasteiger partial charge < -0.3 is 71.7 Å². The van der Waals surface area contributed by atoms with E-state index in [1.54, 1.807) is 102 Å². The van der Waals surface area contributed by atoms with Gasteiger partial charge in [-0.1, -0.05) is 133 Å². The maximum Gasteiger partial charge on any atom is 0.270 e. The Morgan fingerprint density at radius 1 is 0.515 bits per heavy atom. The molecular weight excluding hydrogens is 1710 g/mol. The summed E-state index contributed by atoms with van der Waals surface area (Å²) >= 11 is 0. The number of halogens is 4. The second kappa shape index (κ2) is 44.2. The minimum Gasteiger partial charge on any atom is -0.510 e. The molecule has 0 amide bonds. The fourth-order valence-corrected chi connectivity index (χ4v) is 12.2. The van der Waals surface area contributed by atoms with Crippen LogP contribution in [0.3, 0.4) is 0 Å². The van der Waals surface area contributed by atoms with E-state index < -0.39 is 6.17 Å². The predicted octanol–water partition coefficient (Wildman–Crippen LogP) is 4.31. The zero-order valence-corrected chi connectivity index (χ0v) is 72.6. The number of aryl methyl sites for hydroxylation is 9. The van der Waals surface area contributed by atoms with Crippen molar-refractivity contribution in [2.24, 2.45) is 60.6 Å². The molecule has 0 saturated carbocycles. The average molecular weight is 1800 g/mol. The second-order valence-corrected chi connectivity index (χ2v) is 29.5. The van der Waals surface area contributed by atoms with Crippen LogP contribution >= 0.6 is 0 Å². The van der Waals surface area contributed by atoms with Gasteiger partial charge in [0.2, 0.25) is 57.1 Å². The summed E-state index contributed by atoms with van der Waals surface area (Å²) in [6, 6.07) is 40.0. The molecule has 0 radical (unpaired) electrons. The summed E-state index contributed by atoms with van der Waals surface area (Å²) in [5.41, 5.74) is 12.6.